The second-order valence-corrected chi connectivity index (χ2v) is 7.33. The third kappa shape index (κ3) is 5.43. The first-order valence-corrected chi connectivity index (χ1v) is 9.75. The van der Waals surface area contributed by atoms with Crippen LogP contribution in [0, 0.1) is 17.6 Å². The second-order valence-electron chi connectivity index (χ2n) is 7.33. The van der Waals surface area contributed by atoms with Crippen molar-refractivity contribution in [3.8, 4) is 0 Å². The van der Waals surface area contributed by atoms with Gasteiger partial charge in [-0.25, -0.2) is 8.78 Å². The maximum absolute atomic E-state index is 13.8. The Morgan fingerprint density at radius 3 is 2.71 bits per heavy atom. The van der Waals surface area contributed by atoms with Crippen molar-refractivity contribution in [3.05, 3.63) is 35.5 Å². The number of H-pyrrole nitrogens is 1. The number of halogens is 2. The largest absolute Gasteiger partial charge is 0.389 e. The van der Waals surface area contributed by atoms with Gasteiger partial charge >= 0.3 is 0 Å². The fourth-order valence-corrected chi connectivity index (χ4v) is 3.51. The van der Waals surface area contributed by atoms with Gasteiger partial charge in [-0.2, -0.15) is 0 Å². The number of carbonyl (C=O) groups is 4. The Bertz CT molecular complexity index is 1020. The van der Waals surface area contributed by atoms with E-state index in [2.05, 4.69) is 20.9 Å². The van der Waals surface area contributed by atoms with Crippen LogP contribution in [0.3, 0.4) is 0 Å². The number of aromatic nitrogens is 1. The predicted octanol–water partition coefficient (Wildman–Crippen LogP) is 0.138. The van der Waals surface area contributed by atoms with Crippen LogP contribution in [0.4, 0.5) is 8.78 Å². The van der Waals surface area contributed by atoms with Crippen molar-refractivity contribution < 1.29 is 33.1 Å². The Kier molecular flexibility index (Phi) is 6.95. The lowest BCUT2D eigenvalue weighted by Crippen LogP contribution is -2.49. The number of hydrogen-bond donors (Lipinski definition) is 5. The second kappa shape index (κ2) is 9.65. The van der Waals surface area contributed by atoms with E-state index in [4.69, 9.17) is 5.11 Å². The molecular formula is C20H22F2N4O5. The minimum absolute atomic E-state index is 0.0395. The number of hydrogen-bond acceptors (Lipinski definition) is 5. The molecule has 2 heterocycles. The van der Waals surface area contributed by atoms with Gasteiger partial charge < -0.3 is 26.0 Å². The van der Waals surface area contributed by atoms with Crippen molar-refractivity contribution in [2.24, 2.45) is 5.92 Å². The smallest absolute Gasteiger partial charge is 0.268 e. The van der Waals surface area contributed by atoms with Crippen LogP contribution in [-0.2, 0) is 14.4 Å². The summed E-state index contributed by atoms with van der Waals surface area (Å²) in [6, 6.07) is 1.91. The van der Waals surface area contributed by atoms with Crippen LogP contribution in [0.15, 0.2) is 18.2 Å². The van der Waals surface area contributed by atoms with E-state index in [0.717, 1.165) is 12.5 Å². The van der Waals surface area contributed by atoms with Crippen molar-refractivity contribution >= 4 is 34.4 Å². The maximum Gasteiger partial charge on any atom is 0.268 e. The lowest BCUT2D eigenvalue weighted by atomic mass is 9.90. The van der Waals surface area contributed by atoms with Crippen LogP contribution < -0.4 is 16.0 Å². The Morgan fingerprint density at radius 2 is 2.00 bits per heavy atom. The molecule has 0 bridgehead atoms. The van der Waals surface area contributed by atoms with Crippen LogP contribution >= 0.6 is 0 Å². The fourth-order valence-electron chi connectivity index (χ4n) is 3.51. The molecule has 3 rings (SSSR count). The topological polar surface area (TPSA) is 140 Å². The zero-order valence-corrected chi connectivity index (χ0v) is 16.5. The Hall–Kier alpha value is -3.34. The van der Waals surface area contributed by atoms with E-state index in [1.54, 1.807) is 0 Å². The van der Waals surface area contributed by atoms with Crippen molar-refractivity contribution in [3.63, 3.8) is 0 Å². The highest BCUT2D eigenvalue weighted by atomic mass is 19.1. The molecule has 0 saturated carbocycles. The highest BCUT2D eigenvalue weighted by Crippen LogP contribution is 2.20. The molecule has 1 aliphatic heterocycles. The molecule has 3 amide bonds. The molecule has 0 spiro atoms. The van der Waals surface area contributed by atoms with Gasteiger partial charge in [0.2, 0.25) is 11.8 Å². The molecule has 9 nitrogen and oxygen atoms in total. The van der Waals surface area contributed by atoms with Gasteiger partial charge in [0.05, 0.1) is 18.1 Å². The monoisotopic (exact) mass is 436 g/mol. The summed E-state index contributed by atoms with van der Waals surface area (Å²) in [6.45, 7) is -0.753. The van der Waals surface area contributed by atoms with Gasteiger partial charge in [-0.1, -0.05) is 0 Å². The molecule has 1 aromatic heterocycles. The van der Waals surface area contributed by atoms with E-state index < -0.39 is 54.3 Å². The summed E-state index contributed by atoms with van der Waals surface area (Å²) in [4.78, 5) is 50.9. The zero-order chi connectivity index (χ0) is 22.5. The van der Waals surface area contributed by atoms with E-state index in [1.807, 2.05) is 0 Å². The van der Waals surface area contributed by atoms with Crippen LogP contribution in [0.1, 0.15) is 29.8 Å². The summed E-state index contributed by atoms with van der Waals surface area (Å²) in [6.07, 6.45) is 1.35. The van der Waals surface area contributed by atoms with Crippen molar-refractivity contribution in [2.45, 2.75) is 25.3 Å². The highest BCUT2D eigenvalue weighted by Gasteiger charge is 2.29. The number of nitrogens with one attached hydrogen (secondary N) is 4. The van der Waals surface area contributed by atoms with Crippen molar-refractivity contribution in [2.75, 3.05) is 19.7 Å². The SMILES string of the molecule is O=C(CNC(=O)c1cc2cc(F)cc(F)c2[nH]1)N[C@@H](CC1CCCNC1=O)C(=O)CO. The first-order valence-electron chi connectivity index (χ1n) is 9.75. The van der Waals surface area contributed by atoms with E-state index in [1.165, 1.54) is 6.07 Å². The predicted molar refractivity (Wildman–Crippen MR) is 105 cm³/mol. The van der Waals surface area contributed by atoms with Crippen molar-refractivity contribution in [1.82, 2.24) is 20.9 Å². The fraction of sp³-hybridized carbons (Fsp3) is 0.400. The van der Waals surface area contributed by atoms with E-state index >= 15 is 0 Å². The van der Waals surface area contributed by atoms with Crippen LogP contribution in [0.2, 0.25) is 0 Å². The summed E-state index contributed by atoms with van der Waals surface area (Å²) >= 11 is 0. The minimum atomic E-state index is -1.08. The summed E-state index contributed by atoms with van der Waals surface area (Å²) in [5.74, 6) is -4.41. The number of amides is 3. The molecule has 0 aliphatic carbocycles. The number of aromatic amines is 1. The number of rotatable bonds is 8. The summed E-state index contributed by atoms with van der Waals surface area (Å²) in [7, 11) is 0. The van der Waals surface area contributed by atoms with Gasteiger partial charge in [0, 0.05) is 23.9 Å². The molecule has 0 radical (unpaired) electrons. The van der Waals surface area contributed by atoms with Crippen LogP contribution in [-0.4, -0.2) is 59.3 Å². The average Bonchev–Trinajstić information content (AvgIpc) is 3.17. The Balaban J connectivity index is 1.59. The first kappa shape index (κ1) is 22.3. The molecule has 1 fully saturated rings. The molecule has 2 atom stereocenters. The lowest BCUT2D eigenvalue weighted by molar-refractivity contribution is -0.131. The van der Waals surface area contributed by atoms with Gasteiger partial charge in [0.25, 0.3) is 5.91 Å². The third-order valence-corrected chi connectivity index (χ3v) is 5.10. The summed E-state index contributed by atoms with van der Waals surface area (Å²) in [5.41, 5.74) is -0.121. The van der Waals surface area contributed by atoms with Crippen molar-refractivity contribution in [1.29, 1.82) is 0 Å². The normalized spacial score (nSPS) is 17.1. The van der Waals surface area contributed by atoms with Crippen LogP contribution in [0.5, 0.6) is 0 Å². The number of carbonyl (C=O) groups excluding carboxylic acids is 4. The average molecular weight is 436 g/mol. The molecule has 2 aromatic rings. The minimum Gasteiger partial charge on any atom is -0.389 e. The Morgan fingerprint density at radius 1 is 1.23 bits per heavy atom. The number of piperidine rings is 1. The quantitative estimate of drug-likeness (QED) is 0.400. The van der Waals surface area contributed by atoms with Gasteiger partial charge in [0.1, 0.15) is 23.9 Å². The maximum atomic E-state index is 13.8. The van der Waals surface area contributed by atoms with Crippen LogP contribution in [0.25, 0.3) is 10.9 Å². The van der Waals surface area contributed by atoms with E-state index in [-0.39, 0.29) is 28.9 Å². The molecular weight excluding hydrogens is 414 g/mol. The summed E-state index contributed by atoms with van der Waals surface area (Å²) < 4.78 is 27.1. The zero-order valence-electron chi connectivity index (χ0n) is 16.5. The molecule has 11 heteroatoms. The molecule has 31 heavy (non-hydrogen) atoms. The number of benzene rings is 1. The molecule has 1 aromatic carbocycles. The Labute approximate surface area is 175 Å². The molecule has 1 aliphatic rings. The van der Waals surface area contributed by atoms with Gasteiger partial charge in [0.15, 0.2) is 5.78 Å². The number of ketones is 1. The first-order chi connectivity index (χ1) is 14.8. The van der Waals surface area contributed by atoms with E-state index in [0.29, 0.717) is 19.0 Å². The number of aliphatic hydroxyl groups is 1. The summed E-state index contributed by atoms with van der Waals surface area (Å²) in [5, 5.41) is 16.7. The molecule has 166 valence electrons. The number of aliphatic hydroxyl groups excluding tert-OH is 1. The highest BCUT2D eigenvalue weighted by molar-refractivity contribution is 6.00. The van der Waals surface area contributed by atoms with Gasteiger partial charge in [-0.15, -0.1) is 0 Å². The molecule has 5 N–H and O–H groups in total. The molecule has 1 saturated heterocycles. The number of fused-ring (bicyclic) bond motifs is 1. The third-order valence-electron chi connectivity index (χ3n) is 5.10. The standard InChI is InChI=1S/C20H22F2N4O5/c21-12-4-11-6-15(26-18(11)13(22)7-12)20(31)24-8-17(29)25-14(16(28)9-27)5-10-2-1-3-23-19(10)30/h4,6-7,10,14,26-27H,1-3,5,8-9H2,(H,23,30)(H,24,31)(H,25,29)/t10?,14-/m0/s1. The van der Waals surface area contributed by atoms with Gasteiger partial charge in [-0.3, -0.25) is 19.2 Å². The number of Topliss-reactive ketones (excluding diaryl/α,β-unsaturated/α-hetero) is 1. The van der Waals surface area contributed by atoms with Gasteiger partial charge in [-0.05, 0) is 31.4 Å². The van der Waals surface area contributed by atoms with E-state index in [9.17, 15) is 28.0 Å². The molecule has 1 unspecified atom stereocenters. The lowest BCUT2D eigenvalue weighted by Gasteiger charge is -2.26.